The molecule has 0 saturated heterocycles. The predicted molar refractivity (Wildman–Crippen MR) is 67.8 cm³/mol. The minimum absolute atomic E-state index is 0.435. The van der Waals surface area contributed by atoms with E-state index in [4.69, 9.17) is 4.74 Å². The zero-order valence-corrected chi connectivity index (χ0v) is 11.0. The Labute approximate surface area is 99.3 Å². The Hall–Kier alpha value is -1.12. The minimum Gasteiger partial charge on any atom is -0.467 e. The van der Waals surface area contributed by atoms with Crippen LogP contribution in [0.1, 0.15) is 52.0 Å². The van der Waals surface area contributed by atoms with E-state index in [2.05, 4.69) is 30.7 Å². The normalized spacial score (nSPS) is 9.25. The van der Waals surface area contributed by atoms with Crippen molar-refractivity contribution in [3.8, 4) is 6.01 Å². The second-order valence-electron chi connectivity index (χ2n) is 3.68. The van der Waals surface area contributed by atoms with Gasteiger partial charge in [-0.05, 0) is 12.0 Å². The first-order valence-corrected chi connectivity index (χ1v) is 6.13. The van der Waals surface area contributed by atoms with Gasteiger partial charge in [-0.3, -0.25) is 0 Å². The van der Waals surface area contributed by atoms with Crippen LogP contribution in [0.2, 0.25) is 0 Å². The van der Waals surface area contributed by atoms with E-state index in [0.717, 1.165) is 18.4 Å². The van der Waals surface area contributed by atoms with Crippen LogP contribution >= 0.6 is 0 Å². The van der Waals surface area contributed by atoms with E-state index in [9.17, 15) is 0 Å². The van der Waals surface area contributed by atoms with Crippen molar-refractivity contribution < 1.29 is 4.74 Å². The van der Waals surface area contributed by atoms with Crippen molar-refractivity contribution in [2.45, 2.75) is 52.9 Å². The molecule has 0 aliphatic heterocycles. The zero-order valence-electron chi connectivity index (χ0n) is 11.0. The number of rotatable bonds is 5. The number of nitrogens with zero attached hydrogens (tertiary/aromatic N) is 2. The van der Waals surface area contributed by atoms with Crippen LogP contribution in [-0.2, 0) is 6.42 Å². The second-order valence-corrected chi connectivity index (χ2v) is 3.68. The summed E-state index contributed by atoms with van der Waals surface area (Å²) in [6.07, 6.45) is 9.83. The van der Waals surface area contributed by atoms with E-state index in [1.54, 1.807) is 19.5 Å². The van der Waals surface area contributed by atoms with Gasteiger partial charge >= 0.3 is 6.01 Å². The van der Waals surface area contributed by atoms with Crippen LogP contribution in [0.4, 0.5) is 0 Å². The molecule has 1 aromatic heterocycles. The van der Waals surface area contributed by atoms with E-state index in [1.807, 2.05) is 0 Å². The van der Waals surface area contributed by atoms with Crippen molar-refractivity contribution in [1.29, 1.82) is 0 Å². The van der Waals surface area contributed by atoms with E-state index < -0.39 is 0 Å². The molecule has 0 aromatic carbocycles. The molecule has 16 heavy (non-hydrogen) atoms. The van der Waals surface area contributed by atoms with Gasteiger partial charge in [0.1, 0.15) is 0 Å². The van der Waals surface area contributed by atoms with Crippen LogP contribution in [0.5, 0.6) is 6.01 Å². The molecule has 0 fully saturated rings. The highest BCUT2D eigenvalue weighted by Crippen LogP contribution is 2.03. The van der Waals surface area contributed by atoms with E-state index in [-0.39, 0.29) is 0 Å². The Balaban J connectivity index is 0.000000385. The lowest BCUT2D eigenvalue weighted by Crippen LogP contribution is -1.93. The van der Waals surface area contributed by atoms with Gasteiger partial charge in [0.15, 0.2) is 0 Å². The number of ether oxygens (including phenoxy) is 1. The Morgan fingerprint density at radius 2 is 1.56 bits per heavy atom. The van der Waals surface area contributed by atoms with Crippen molar-refractivity contribution in [3.63, 3.8) is 0 Å². The fraction of sp³-hybridized carbons (Fsp3) is 0.692. The summed E-state index contributed by atoms with van der Waals surface area (Å²) < 4.78 is 4.83. The maximum absolute atomic E-state index is 4.83. The summed E-state index contributed by atoms with van der Waals surface area (Å²) in [7, 11) is 1.56. The van der Waals surface area contributed by atoms with E-state index in [1.165, 1.54) is 19.3 Å². The molecule has 0 saturated carbocycles. The Kier molecular flexibility index (Phi) is 9.67. The summed E-state index contributed by atoms with van der Waals surface area (Å²) in [4.78, 5) is 7.96. The molecule has 0 N–H and O–H groups in total. The third-order valence-electron chi connectivity index (χ3n) is 2.11. The predicted octanol–water partition coefficient (Wildman–Crippen LogP) is 3.63. The molecule has 0 bridgehead atoms. The maximum Gasteiger partial charge on any atom is 0.316 e. The molecule has 1 aromatic rings. The van der Waals surface area contributed by atoms with Crippen LogP contribution in [-0.4, -0.2) is 17.1 Å². The van der Waals surface area contributed by atoms with Crippen molar-refractivity contribution in [3.05, 3.63) is 18.0 Å². The zero-order chi connectivity index (χ0) is 12.2. The molecule has 0 amide bonds. The number of hydrogen-bond donors (Lipinski definition) is 0. The molecule has 1 rings (SSSR count). The summed E-state index contributed by atoms with van der Waals surface area (Å²) in [6.45, 7) is 6.55. The number of methoxy groups -OCH3 is 1. The van der Waals surface area contributed by atoms with Crippen molar-refractivity contribution >= 4 is 0 Å². The lowest BCUT2D eigenvalue weighted by atomic mass is 10.2. The third-order valence-corrected chi connectivity index (χ3v) is 2.11. The quantitative estimate of drug-likeness (QED) is 0.766. The van der Waals surface area contributed by atoms with Gasteiger partial charge < -0.3 is 4.74 Å². The van der Waals surface area contributed by atoms with Crippen molar-refractivity contribution in [1.82, 2.24) is 9.97 Å². The summed E-state index contributed by atoms with van der Waals surface area (Å²) >= 11 is 0. The highest BCUT2D eigenvalue weighted by atomic mass is 16.5. The molecule has 0 unspecified atom stereocenters. The molecule has 3 heteroatoms. The van der Waals surface area contributed by atoms with Gasteiger partial charge in [-0.2, -0.15) is 0 Å². The first kappa shape index (κ1) is 14.9. The average molecular weight is 224 g/mol. The highest BCUT2D eigenvalue weighted by molar-refractivity contribution is 5.07. The first-order valence-electron chi connectivity index (χ1n) is 6.13. The minimum atomic E-state index is 0.435. The molecule has 3 nitrogen and oxygen atoms in total. The monoisotopic (exact) mass is 224 g/mol. The number of aromatic nitrogens is 2. The van der Waals surface area contributed by atoms with Crippen LogP contribution < -0.4 is 4.74 Å². The van der Waals surface area contributed by atoms with Gasteiger partial charge in [-0.1, -0.05) is 46.5 Å². The summed E-state index contributed by atoms with van der Waals surface area (Å²) in [5.41, 5.74) is 1.16. The average Bonchev–Trinajstić information content (AvgIpc) is 2.32. The van der Waals surface area contributed by atoms with Crippen LogP contribution in [0.3, 0.4) is 0 Å². The lowest BCUT2D eigenvalue weighted by Gasteiger charge is -1.98. The van der Waals surface area contributed by atoms with Gasteiger partial charge in [0.05, 0.1) is 7.11 Å². The molecule has 1 heterocycles. The van der Waals surface area contributed by atoms with E-state index in [0.29, 0.717) is 6.01 Å². The van der Waals surface area contributed by atoms with Crippen molar-refractivity contribution in [2.24, 2.45) is 0 Å². The number of hydrogen-bond acceptors (Lipinski definition) is 3. The van der Waals surface area contributed by atoms with Gasteiger partial charge in [0.25, 0.3) is 0 Å². The topological polar surface area (TPSA) is 35.0 Å². The molecule has 0 radical (unpaired) electrons. The molecule has 0 atom stereocenters. The Morgan fingerprint density at radius 1 is 1.00 bits per heavy atom. The van der Waals surface area contributed by atoms with Gasteiger partial charge in [0, 0.05) is 12.4 Å². The molecule has 92 valence electrons. The van der Waals surface area contributed by atoms with Crippen molar-refractivity contribution in [2.75, 3.05) is 7.11 Å². The second kappa shape index (κ2) is 10.4. The summed E-state index contributed by atoms with van der Waals surface area (Å²) in [5, 5.41) is 0. The third kappa shape index (κ3) is 7.21. The van der Waals surface area contributed by atoms with Gasteiger partial charge in [-0.15, -0.1) is 0 Å². The molecular formula is C13H24N2O. The number of unbranched alkanes of at least 4 members (excludes halogenated alkanes) is 2. The van der Waals surface area contributed by atoms with Crippen LogP contribution in [0.15, 0.2) is 12.4 Å². The summed E-state index contributed by atoms with van der Waals surface area (Å²) in [6, 6.07) is 0.435. The fourth-order valence-corrected chi connectivity index (χ4v) is 1.22. The number of aryl methyl sites for hydroxylation is 1. The maximum atomic E-state index is 4.83. The standard InChI is InChI=1S/C8H12N2O.C5H12/c1-3-4-7-5-9-8(11-2)10-6-7;1-3-5-4-2/h5-6H,3-4H2,1-2H3;3-5H2,1-2H3. The Morgan fingerprint density at radius 3 is 1.88 bits per heavy atom. The molecule has 0 aliphatic carbocycles. The SMILES string of the molecule is CCCCC.CCCc1cnc(OC)nc1. The summed E-state index contributed by atoms with van der Waals surface area (Å²) in [5.74, 6) is 0. The van der Waals surface area contributed by atoms with Crippen LogP contribution in [0.25, 0.3) is 0 Å². The first-order chi connectivity index (χ1) is 7.78. The molecular weight excluding hydrogens is 200 g/mol. The van der Waals surface area contributed by atoms with Gasteiger partial charge in [-0.25, -0.2) is 9.97 Å². The molecule has 0 spiro atoms. The smallest absolute Gasteiger partial charge is 0.316 e. The van der Waals surface area contributed by atoms with Gasteiger partial charge in [0.2, 0.25) is 0 Å². The lowest BCUT2D eigenvalue weighted by molar-refractivity contribution is 0.379. The highest BCUT2D eigenvalue weighted by Gasteiger charge is 1.94. The molecule has 0 aliphatic rings. The van der Waals surface area contributed by atoms with E-state index >= 15 is 0 Å². The fourth-order valence-electron chi connectivity index (χ4n) is 1.22. The Bertz CT molecular complexity index is 245. The largest absolute Gasteiger partial charge is 0.467 e. The van der Waals surface area contributed by atoms with Crippen LogP contribution in [0, 0.1) is 0 Å².